The second kappa shape index (κ2) is 3.15. The summed E-state index contributed by atoms with van der Waals surface area (Å²) in [5.74, 6) is 0. The van der Waals surface area contributed by atoms with Gasteiger partial charge in [-0.1, -0.05) is 6.58 Å². The van der Waals surface area contributed by atoms with Crippen molar-refractivity contribution >= 4 is 6.72 Å². The van der Waals surface area contributed by atoms with Crippen LogP contribution in [-0.4, -0.2) is 6.72 Å². The Balaban J connectivity index is 3.72. The molecule has 0 radical (unpaired) electrons. The second-order valence-corrected chi connectivity index (χ2v) is 1.02. The third-order valence-corrected chi connectivity index (χ3v) is 0.476. The Morgan fingerprint density at radius 1 is 1.71 bits per heavy atom. The van der Waals surface area contributed by atoms with Gasteiger partial charge in [-0.3, -0.25) is 4.99 Å². The van der Waals surface area contributed by atoms with Crippen molar-refractivity contribution in [2.75, 3.05) is 0 Å². The lowest BCUT2D eigenvalue weighted by Gasteiger charge is -1.81. The number of hydrogen-bond donors (Lipinski definition) is 1. The molecule has 2 nitrogen and oxygen atoms in total. The summed E-state index contributed by atoms with van der Waals surface area (Å²) < 4.78 is 0. The van der Waals surface area contributed by atoms with Crippen molar-refractivity contribution in [2.24, 2.45) is 10.7 Å². The Hall–Kier alpha value is -1.05. The normalized spacial score (nSPS) is 10.6. The highest BCUT2D eigenvalue weighted by molar-refractivity contribution is 5.27. The molecule has 38 valence electrons. The maximum absolute atomic E-state index is 5.19. The average Bonchev–Trinajstić information content (AvgIpc) is 1.68. The topological polar surface area (TPSA) is 38.4 Å². The van der Waals surface area contributed by atoms with Crippen LogP contribution in [0, 0.1) is 0 Å². The molecule has 0 aromatic carbocycles. The fraction of sp³-hybridized carbons (Fsp3) is 0. The van der Waals surface area contributed by atoms with Gasteiger partial charge in [0.1, 0.15) is 0 Å². The summed E-state index contributed by atoms with van der Waals surface area (Å²) in [7, 11) is 0. The summed E-state index contributed by atoms with van der Waals surface area (Å²) >= 11 is 0. The molecule has 0 atom stereocenters. The molecule has 0 heterocycles. The summed E-state index contributed by atoms with van der Waals surface area (Å²) in [6.45, 7) is 6.59. The van der Waals surface area contributed by atoms with Gasteiger partial charge in [0.05, 0.1) is 0 Å². The first kappa shape index (κ1) is 5.95. The van der Waals surface area contributed by atoms with Gasteiger partial charge in [0, 0.05) is 11.9 Å². The third kappa shape index (κ3) is 2.76. The van der Waals surface area contributed by atoms with Crippen molar-refractivity contribution < 1.29 is 0 Å². The zero-order chi connectivity index (χ0) is 5.70. The van der Waals surface area contributed by atoms with Crippen molar-refractivity contribution in [3.63, 3.8) is 0 Å². The number of rotatable bonds is 2. The minimum absolute atomic E-state index is 0.537. The van der Waals surface area contributed by atoms with Crippen LogP contribution in [0.2, 0.25) is 0 Å². The smallest absolute Gasteiger partial charge is 0.0493 e. The van der Waals surface area contributed by atoms with E-state index in [4.69, 9.17) is 5.73 Å². The zero-order valence-electron chi connectivity index (χ0n) is 4.09. The van der Waals surface area contributed by atoms with E-state index in [1.54, 1.807) is 0 Å². The molecule has 0 spiro atoms. The monoisotopic (exact) mass is 96.1 g/mol. The van der Waals surface area contributed by atoms with E-state index < -0.39 is 0 Å². The second-order valence-electron chi connectivity index (χ2n) is 1.02. The molecular formula is C5H8N2. The van der Waals surface area contributed by atoms with Crippen LogP contribution in [0.1, 0.15) is 0 Å². The largest absolute Gasteiger partial charge is 0.398 e. The molecule has 0 saturated carbocycles. The molecule has 0 aromatic rings. The van der Waals surface area contributed by atoms with Crippen molar-refractivity contribution in [3.05, 3.63) is 24.6 Å². The van der Waals surface area contributed by atoms with Crippen molar-refractivity contribution in [1.29, 1.82) is 0 Å². The molecule has 0 aliphatic rings. The van der Waals surface area contributed by atoms with Gasteiger partial charge in [0.25, 0.3) is 0 Å². The summed E-state index contributed by atoms with van der Waals surface area (Å²) in [5.41, 5.74) is 5.73. The van der Waals surface area contributed by atoms with Crippen LogP contribution in [0.3, 0.4) is 0 Å². The van der Waals surface area contributed by atoms with E-state index in [-0.39, 0.29) is 0 Å². The van der Waals surface area contributed by atoms with Gasteiger partial charge in [-0.05, 0) is 12.8 Å². The molecule has 0 bridgehead atoms. The number of nitrogens with two attached hydrogens (primary N) is 1. The van der Waals surface area contributed by atoms with Crippen LogP contribution in [0.25, 0.3) is 0 Å². The lowest BCUT2D eigenvalue weighted by atomic mass is 10.5. The highest BCUT2D eigenvalue weighted by atomic mass is 14.7. The number of allylic oxidation sites excluding steroid dienone is 1. The Morgan fingerprint density at radius 3 is 2.43 bits per heavy atom. The molecule has 0 unspecified atom stereocenters. The first-order chi connectivity index (χ1) is 3.31. The zero-order valence-corrected chi connectivity index (χ0v) is 4.09. The highest BCUT2D eigenvalue weighted by Gasteiger charge is 1.70. The number of hydrogen-bond acceptors (Lipinski definition) is 2. The van der Waals surface area contributed by atoms with Gasteiger partial charge in [-0.2, -0.15) is 0 Å². The lowest BCUT2D eigenvalue weighted by molar-refractivity contribution is 1.38. The van der Waals surface area contributed by atoms with Gasteiger partial charge in [0.15, 0.2) is 0 Å². The van der Waals surface area contributed by atoms with E-state index in [0.29, 0.717) is 5.70 Å². The van der Waals surface area contributed by atoms with Crippen LogP contribution >= 0.6 is 0 Å². The van der Waals surface area contributed by atoms with E-state index in [1.165, 1.54) is 12.3 Å². The van der Waals surface area contributed by atoms with Crippen LogP contribution in [0.5, 0.6) is 0 Å². The van der Waals surface area contributed by atoms with Crippen LogP contribution < -0.4 is 5.73 Å². The highest BCUT2D eigenvalue weighted by Crippen LogP contribution is 1.80. The van der Waals surface area contributed by atoms with Crippen molar-refractivity contribution in [1.82, 2.24) is 0 Å². The molecule has 0 aromatic heterocycles. The SMILES string of the molecule is C=C/C(N)=C\N=C. The minimum atomic E-state index is 0.537. The van der Waals surface area contributed by atoms with Gasteiger partial charge < -0.3 is 5.73 Å². The summed E-state index contributed by atoms with van der Waals surface area (Å²) in [6.07, 6.45) is 2.95. The maximum atomic E-state index is 5.19. The lowest BCUT2D eigenvalue weighted by Crippen LogP contribution is -1.89. The van der Waals surface area contributed by atoms with Gasteiger partial charge in [-0.25, -0.2) is 0 Å². The van der Waals surface area contributed by atoms with Gasteiger partial charge in [0.2, 0.25) is 0 Å². The maximum Gasteiger partial charge on any atom is 0.0493 e. The predicted octanol–water partition coefficient (Wildman–Crippen LogP) is 0.673. The molecule has 7 heavy (non-hydrogen) atoms. The fourth-order valence-corrected chi connectivity index (χ4v) is 0.158. The molecule has 2 heteroatoms. The molecule has 0 saturated heterocycles. The Morgan fingerprint density at radius 2 is 2.29 bits per heavy atom. The first-order valence-electron chi connectivity index (χ1n) is 1.85. The molecule has 0 aliphatic heterocycles. The molecule has 0 amide bonds. The molecule has 0 rings (SSSR count). The summed E-state index contributed by atoms with van der Waals surface area (Å²) in [4.78, 5) is 3.40. The van der Waals surface area contributed by atoms with Gasteiger partial charge >= 0.3 is 0 Å². The Bertz CT molecular complexity index is 103. The van der Waals surface area contributed by atoms with E-state index in [2.05, 4.69) is 18.3 Å². The van der Waals surface area contributed by atoms with Crippen LogP contribution in [0.4, 0.5) is 0 Å². The summed E-state index contributed by atoms with van der Waals surface area (Å²) in [6, 6.07) is 0. The molecule has 0 fully saturated rings. The van der Waals surface area contributed by atoms with Crippen molar-refractivity contribution in [2.45, 2.75) is 0 Å². The van der Waals surface area contributed by atoms with Crippen LogP contribution in [0.15, 0.2) is 29.5 Å². The van der Waals surface area contributed by atoms with E-state index in [9.17, 15) is 0 Å². The van der Waals surface area contributed by atoms with E-state index >= 15 is 0 Å². The average molecular weight is 96.1 g/mol. The van der Waals surface area contributed by atoms with E-state index in [0.717, 1.165) is 0 Å². The predicted molar refractivity (Wildman–Crippen MR) is 32.0 cm³/mol. The summed E-state index contributed by atoms with van der Waals surface area (Å²) in [5, 5.41) is 0. The molecule has 0 aliphatic carbocycles. The number of aliphatic imine (C=N–C) groups is 1. The Kier molecular flexibility index (Phi) is 2.68. The fourth-order valence-electron chi connectivity index (χ4n) is 0.158. The first-order valence-corrected chi connectivity index (χ1v) is 1.85. The van der Waals surface area contributed by atoms with Gasteiger partial charge in [-0.15, -0.1) is 0 Å². The minimum Gasteiger partial charge on any atom is -0.398 e. The van der Waals surface area contributed by atoms with E-state index in [1.807, 2.05) is 0 Å². The van der Waals surface area contributed by atoms with Crippen molar-refractivity contribution in [3.8, 4) is 0 Å². The Labute approximate surface area is 43.1 Å². The molecule has 2 N–H and O–H groups in total. The third-order valence-electron chi connectivity index (χ3n) is 0.476. The number of nitrogens with zero attached hydrogens (tertiary/aromatic N) is 1. The standard InChI is InChI=1S/C5H8N2/c1-3-5(6)4-7-2/h3-4H,1-2,6H2/b5-4+. The molecular weight excluding hydrogens is 88.1 g/mol. The van der Waals surface area contributed by atoms with Crippen LogP contribution in [-0.2, 0) is 0 Å². The quantitative estimate of drug-likeness (QED) is 0.398.